The van der Waals surface area contributed by atoms with Crippen molar-refractivity contribution < 1.29 is 27.8 Å². The number of alkyl halides is 3. The second-order valence-corrected chi connectivity index (χ2v) is 4.34. The van der Waals surface area contributed by atoms with Gasteiger partial charge in [0.1, 0.15) is 5.75 Å². The number of halogens is 3. The van der Waals surface area contributed by atoms with Gasteiger partial charge in [-0.2, -0.15) is 13.2 Å². The molecule has 0 heterocycles. The maximum absolute atomic E-state index is 12.8. The van der Waals surface area contributed by atoms with Gasteiger partial charge < -0.3 is 9.84 Å². The summed E-state index contributed by atoms with van der Waals surface area (Å²) in [6.45, 7) is 3.93. The number of aromatic carboxylic acids is 1. The topological polar surface area (TPSA) is 46.5 Å². The van der Waals surface area contributed by atoms with E-state index in [9.17, 15) is 18.0 Å². The zero-order valence-electron chi connectivity index (χ0n) is 10.6. The fourth-order valence-corrected chi connectivity index (χ4v) is 1.36. The molecule has 19 heavy (non-hydrogen) atoms. The molecule has 0 aliphatic rings. The molecule has 0 bridgehead atoms. The molecule has 0 saturated carbocycles. The van der Waals surface area contributed by atoms with E-state index >= 15 is 0 Å². The van der Waals surface area contributed by atoms with Gasteiger partial charge in [0.05, 0.1) is 17.7 Å². The molecule has 3 nitrogen and oxygen atoms in total. The van der Waals surface area contributed by atoms with Gasteiger partial charge in [-0.25, -0.2) is 4.79 Å². The van der Waals surface area contributed by atoms with Gasteiger partial charge >= 0.3 is 12.1 Å². The van der Waals surface area contributed by atoms with Gasteiger partial charge in [0.25, 0.3) is 0 Å². The molecule has 106 valence electrons. The van der Waals surface area contributed by atoms with Crippen molar-refractivity contribution in [1.82, 2.24) is 0 Å². The summed E-state index contributed by atoms with van der Waals surface area (Å²) in [5.41, 5.74) is -1.47. The zero-order valence-corrected chi connectivity index (χ0v) is 10.6. The lowest BCUT2D eigenvalue weighted by Crippen LogP contribution is -2.14. The van der Waals surface area contributed by atoms with Crippen molar-refractivity contribution in [3.05, 3.63) is 29.3 Å². The summed E-state index contributed by atoms with van der Waals surface area (Å²) in [5.74, 6) is -1.61. The molecule has 0 radical (unpaired) electrons. The number of carboxylic acids is 1. The molecule has 0 amide bonds. The fourth-order valence-electron chi connectivity index (χ4n) is 1.36. The predicted molar refractivity (Wildman–Crippen MR) is 63.4 cm³/mol. The minimum atomic E-state index is -4.64. The Hall–Kier alpha value is -1.72. The van der Waals surface area contributed by atoms with Crippen LogP contribution in [0.15, 0.2) is 18.2 Å². The first kappa shape index (κ1) is 15.3. The molecule has 0 spiro atoms. The Morgan fingerprint density at radius 2 is 2.05 bits per heavy atom. The number of rotatable bonds is 5. The smallest absolute Gasteiger partial charge is 0.419 e. The number of carboxylic acid groups (broad SMARTS) is 1. The van der Waals surface area contributed by atoms with Crippen LogP contribution in [0.2, 0.25) is 0 Å². The van der Waals surface area contributed by atoms with Crippen LogP contribution < -0.4 is 4.74 Å². The summed E-state index contributed by atoms with van der Waals surface area (Å²) in [5, 5.41) is 8.71. The highest BCUT2D eigenvalue weighted by atomic mass is 19.4. The van der Waals surface area contributed by atoms with Crippen LogP contribution in [0.5, 0.6) is 5.75 Å². The van der Waals surface area contributed by atoms with Crippen molar-refractivity contribution in [3.8, 4) is 5.75 Å². The Kier molecular flexibility index (Phi) is 4.80. The predicted octanol–water partition coefficient (Wildman–Crippen LogP) is 3.83. The average molecular weight is 276 g/mol. The van der Waals surface area contributed by atoms with Crippen molar-refractivity contribution in [2.24, 2.45) is 5.92 Å². The van der Waals surface area contributed by atoms with Gasteiger partial charge in [0.15, 0.2) is 0 Å². The quantitative estimate of drug-likeness (QED) is 0.889. The number of hydrogen-bond acceptors (Lipinski definition) is 2. The highest BCUT2D eigenvalue weighted by Crippen LogP contribution is 2.37. The van der Waals surface area contributed by atoms with Crippen molar-refractivity contribution in [1.29, 1.82) is 0 Å². The summed E-state index contributed by atoms with van der Waals surface area (Å²) >= 11 is 0. The minimum Gasteiger partial charge on any atom is -0.493 e. The summed E-state index contributed by atoms with van der Waals surface area (Å²) in [4.78, 5) is 10.7. The Morgan fingerprint density at radius 3 is 2.53 bits per heavy atom. The Morgan fingerprint density at radius 1 is 1.42 bits per heavy atom. The van der Waals surface area contributed by atoms with Crippen LogP contribution in [0.1, 0.15) is 36.2 Å². The van der Waals surface area contributed by atoms with Crippen LogP contribution in [0.3, 0.4) is 0 Å². The molecule has 1 unspecified atom stereocenters. The van der Waals surface area contributed by atoms with E-state index in [1.807, 2.05) is 13.8 Å². The third-order valence-corrected chi connectivity index (χ3v) is 2.75. The molecular weight excluding hydrogens is 261 g/mol. The van der Waals surface area contributed by atoms with E-state index < -0.39 is 23.3 Å². The monoisotopic (exact) mass is 276 g/mol. The Balaban J connectivity index is 3.06. The van der Waals surface area contributed by atoms with Crippen molar-refractivity contribution in [2.75, 3.05) is 6.61 Å². The van der Waals surface area contributed by atoms with Gasteiger partial charge in [-0.1, -0.05) is 20.3 Å². The van der Waals surface area contributed by atoms with E-state index in [-0.39, 0.29) is 18.3 Å². The molecule has 0 aliphatic heterocycles. The average Bonchev–Trinajstić information content (AvgIpc) is 2.34. The van der Waals surface area contributed by atoms with E-state index in [1.165, 1.54) is 0 Å². The molecule has 1 aromatic rings. The number of benzene rings is 1. The van der Waals surface area contributed by atoms with Crippen LogP contribution in [-0.4, -0.2) is 17.7 Å². The second kappa shape index (κ2) is 5.95. The third-order valence-electron chi connectivity index (χ3n) is 2.75. The first-order chi connectivity index (χ1) is 8.75. The molecule has 0 aromatic heterocycles. The van der Waals surface area contributed by atoms with E-state index in [0.717, 1.165) is 18.6 Å². The fraction of sp³-hybridized carbons (Fsp3) is 0.462. The highest BCUT2D eigenvalue weighted by Gasteiger charge is 2.35. The molecule has 1 atom stereocenters. The lowest BCUT2D eigenvalue weighted by atomic mass is 10.1. The Labute approximate surface area is 109 Å². The van der Waals surface area contributed by atoms with Crippen LogP contribution in [0.4, 0.5) is 13.2 Å². The SMILES string of the molecule is CCC(C)COc1ccc(C(=O)O)cc1C(F)(F)F. The summed E-state index contributed by atoms with van der Waals surface area (Å²) in [6.07, 6.45) is -3.86. The lowest BCUT2D eigenvalue weighted by Gasteiger charge is -2.16. The maximum atomic E-state index is 12.8. The first-order valence-electron chi connectivity index (χ1n) is 5.83. The highest BCUT2D eigenvalue weighted by molar-refractivity contribution is 5.88. The first-order valence-corrected chi connectivity index (χ1v) is 5.83. The van der Waals surface area contributed by atoms with E-state index in [0.29, 0.717) is 6.07 Å². The van der Waals surface area contributed by atoms with Gasteiger partial charge in [-0.05, 0) is 24.1 Å². The molecule has 0 aliphatic carbocycles. The zero-order chi connectivity index (χ0) is 14.6. The van der Waals surface area contributed by atoms with E-state index in [4.69, 9.17) is 9.84 Å². The molecule has 1 rings (SSSR count). The molecule has 6 heteroatoms. The summed E-state index contributed by atoms with van der Waals surface area (Å²) in [7, 11) is 0. The standard InChI is InChI=1S/C13H15F3O3/c1-3-8(2)7-19-11-5-4-9(12(17)18)6-10(11)13(14,15)16/h4-6,8H,3,7H2,1-2H3,(H,17,18). The molecule has 1 aromatic carbocycles. The Bertz CT molecular complexity index is 455. The van der Waals surface area contributed by atoms with Gasteiger partial charge in [-0.15, -0.1) is 0 Å². The van der Waals surface area contributed by atoms with Crippen LogP contribution in [-0.2, 0) is 6.18 Å². The maximum Gasteiger partial charge on any atom is 0.419 e. The van der Waals surface area contributed by atoms with Crippen LogP contribution in [0.25, 0.3) is 0 Å². The van der Waals surface area contributed by atoms with Crippen molar-refractivity contribution in [3.63, 3.8) is 0 Å². The number of carbonyl (C=O) groups is 1. The number of ether oxygens (including phenoxy) is 1. The second-order valence-electron chi connectivity index (χ2n) is 4.34. The van der Waals surface area contributed by atoms with Crippen LogP contribution in [0, 0.1) is 5.92 Å². The van der Waals surface area contributed by atoms with E-state index in [2.05, 4.69) is 0 Å². The van der Waals surface area contributed by atoms with E-state index in [1.54, 1.807) is 0 Å². The normalized spacial score (nSPS) is 13.1. The molecule has 0 saturated heterocycles. The molecule has 1 N–H and O–H groups in total. The lowest BCUT2D eigenvalue weighted by molar-refractivity contribution is -0.139. The molecular formula is C13H15F3O3. The summed E-state index contributed by atoms with van der Waals surface area (Å²) < 4.78 is 43.6. The largest absolute Gasteiger partial charge is 0.493 e. The van der Waals surface area contributed by atoms with Gasteiger partial charge in [0.2, 0.25) is 0 Å². The van der Waals surface area contributed by atoms with Gasteiger partial charge in [0, 0.05) is 0 Å². The van der Waals surface area contributed by atoms with Crippen LogP contribution >= 0.6 is 0 Å². The summed E-state index contributed by atoms with van der Waals surface area (Å²) in [6, 6.07) is 2.74. The van der Waals surface area contributed by atoms with Crippen molar-refractivity contribution in [2.45, 2.75) is 26.4 Å². The minimum absolute atomic E-state index is 0.125. The molecule has 0 fully saturated rings. The third kappa shape index (κ3) is 4.15. The van der Waals surface area contributed by atoms with Gasteiger partial charge in [-0.3, -0.25) is 0 Å². The number of hydrogen-bond donors (Lipinski definition) is 1. The van der Waals surface area contributed by atoms with Crippen molar-refractivity contribution >= 4 is 5.97 Å².